The van der Waals surface area contributed by atoms with Gasteiger partial charge in [0.1, 0.15) is 12.6 Å². The molecule has 2 bridgehead atoms. The first-order valence-electron chi connectivity index (χ1n) is 8.19. The van der Waals surface area contributed by atoms with Crippen LogP contribution in [-0.4, -0.2) is 23.2 Å². The van der Waals surface area contributed by atoms with Crippen molar-refractivity contribution in [3.8, 4) is 0 Å². The van der Waals surface area contributed by atoms with Crippen molar-refractivity contribution < 1.29 is 19.4 Å². The number of rotatable bonds is 7. The number of carbonyl (C=O) groups excluding carboxylic acids is 1. The van der Waals surface area contributed by atoms with Crippen molar-refractivity contribution in [3.05, 3.63) is 35.9 Å². The van der Waals surface area contributed by atoms with Gasteiger partial charge in [0.2, 0.25) is 0 Å². The third kappa shape index (κ3) is 2.92. The fourth-order valence-corrected chi connectivity index (χ4v) is 4.55. The molecule has 0 radical (unpaired) electrons. The lowest BCUT2D eigenvalue weighted by Gasteiger charge is -2.72. The molecule has 3 aliphatic carbocycles. The van der Waals surface area contributed by atoms with E-state index in [1.165, 1.54) is 0 Å². The Balaban J connectivity index is 1.53. The zero-order valence-corrected chi connectivity index (χ0v) is 13.4. The third-order valence-corrected chi connectivity index (χ3v) is 5.30. The molecular formula is C18H23NO4. The number of nitrogens with one attached hydrogen (secondary N) is 1. The van der Waals surface area contributed by atoms with E-state index >= 15 is 0 Å². The van der Waals surface area contributed by atoms with Gasteiger partial charge in [0, 0.05) is 5.41 Å². The van der Waals surface area contributed by atoms with E-state index in [1.54, 1.807) is 0 Å². The van der Waals surface area contributed by atoms with E-state index in [9.17, 15) is 14.7 Å². The minimum atomic E-state index is -0.966. The maximum Gasteiger partial charge on any atom is 0.408 e. The highest BCUT2D eigenvalue weighted by molar-refractivity contribution is 5.81. The average Bonchev–Trinajstić information content (AvgIpc) is 2.46. The van der Waals surface area contributed by atoms with Crippen LogP contribution in [0.1, 0.15) is 44.6 Å². The molecule has 0 saturated heterocycles. The summed E-state index contributed by atoms with van der Waals surface area (Å²) in [7, 11) is 0. The summed E-state index contributed by atoms with van der Waals surface area (Å²) in [6, 6.07) is 8.50. The Hall–Kier alpha value is -2.04. The third-order valence-electron chi connectivity index (χ3n) is 5.30. The first kappa shape index (κ1) is 15.8. The Morgan fingerprint density at radius 2 is 1.91 bits per heavy atom. The monoisotopic (exact) mass is 317 g/mol. The summed E-state index contributed by atoms with van der Waals surface area (Å²) in [5.74, 6) is -0.966. The highest BCUT2D eigenvalue weighted by Crippen LogP contribution is 2.76. The smallest absolute Gasteiger partial charge is 0.408 e. The summed E-state index contributed by atoms with van der Waals surface area (Å²) in [6.07, 6.45) is 4.34. The topological polar surface area (TPSA) is 75.6 Å². The van der Waals surface area contributed by atoms with Crippen molar-refractivity contribution in [1.82, 2.24) is 5.32 Å². The molecule has 3 saturated carbocycles. The zero-order chi connectivity index (χ0) is 16.5. The number of ether oxygens (including phenoxy) is 1. The molecule has 0 heterocycles. The number of amides is 1. The summed E-state index contributed by atoms with van der Waals surface area (Å²) in [4.78, 5) is 23.5. The Bertz CT molecular complexity index is 579. The van der Waals surface area contributed by atoms with E-state index < -0.39 is 18.1 Å². The van der Waals surface area contributed by atoms with Gasteiger partial charge in [-0.25, -0.2) is 9.59 Å². The molecule has 1 aromatic rings. The van der Waals surface area contributed by atoms with Gasteiger partial charge in [0.25, 0.3) is 0 Å². The lowest BCUT2D eigenvalue weighted by Crippen LogP contribution is -2.71. The first-order valence-corrected chi connectivity index (χ1v) is 8.19. The number of carboxylic acids is 1. The zero-order valence-electron chi connectivity index (χ0n) is 13.4. The summed E-state index contributed by atoms with van der Waals surface area (Å²) in [5.41, 5.74) is 0.965. The molecule has 1 amide bonds. The number of aliphatic carboxylic acids is 1. The van der Waals surface area contributed by atoms with Crippen molar-refractivity contribution in [2.75, 3.05) is 0 Å². The number of alkyl carbamates (subject to hydrolysis) is 1. The molecule has 5 nitrogen and oxygen atoms in total. The highest BCUT2D eigenvalue weighted by Gasteiger charge is 2.71. The highest BCUT2D eigenvalue weighted by atomic mass is 16.5. The number of carboxylic acid groups (broad SMARTS) is 1. The number of hydrogen-bond donors (Lipinski definition) is 2. The van der Waals surface area contributed by atoms with Gasteiger partial charge in [0.05, 0.1) is 0 Å². The Kier molecular flexibility index (Phi) is 4.04. The van der Waals surface area contributed by atoms with Gasteiger partial charge < -0.3 is 15.2 Å². The second-order valence-electron chi connectivity index (χ2n) is 7.12. The van der Waals surface area contributed by atoms with Crippen LogP contribution in [-0.2, 0) is 16.1 Å². The molecule has 124 valence electrons. The molecule has 0 aromatic heterocycles. The first-order chi connectivity index (χ1) is 11.0. The Morgan fingerprint density at radius 3 is 2.48 bits per heavy atom. The van der Waals surface area contributed by atoms with E-state index in [0.29, 0.717) is 5.41 Å². The second kappa shape index (κ2) is 5.87. The Morgan fingerprint density at radius 1 is 1.26 bits per heavy atom. The van der Waals surface area contributed by atoms with E-state index in [2.05, 4.69) is 12.2 Å². The molecule has 23 heavy (non-hydrogen) atoms. The maximum absolute atomic E-state index is 11.9. The van der Waals surface area contributed by atoms with E-state index in [1.807, 2.05) is 30.3 Å². The molecule has 2 N–H and O–H groups in total. The van der Waals surface area contributed by atoms with Crippen LogP contribution in [0.5, 0.6) is 0 Å². The lowest BCUT2D eigenvalue weighted by atomic mass is 9.32. The number of carbonyl (C=O) groups is 2. The van der Waals surface area contributed by atoms with Crippen molar-refractivity contribution in [1.29, 1.82) is 0 Å². The fourth-order valence-electron chi connectivity index (χ4n) is 4.55. The molecule has 1 atom stereocenters. The maximum atomic E-state index is 11.9. The van der Waals surface area contributed by atoms with Gasteiger partial charge in [-0.15, -0.1) is 0 Å². The van der Waals surface area contributed by atoms with Crippen LogP contribution in [0.4, 0.5) is 4.79 Å². The Labute approximate surface area is 136 Å². The molecular weight excluding hydrogens is 294 g/mol. The van der Waals surface area contributed by atoms with Gasteiger partial charge >= 0.3 is 12.1 Å². The number of benzene rings is 1. The molecule has 3 fully saturated rings. The van der Waals surface area contributed by atoms with E-state index in [0.717, 1.165) is 37.7 Å². The van der Waals surface area contributed by atoms with Crippen LogP contribution in [0.15, 0.2) is 30.3 Å². The number of hydrogen-bond acceptors (Lipinski definition) is 3. The van der Waals surface area contributed by atoms with Crippen molar-refractivity contribution in [2.24, 2.45) is 10.8 Å². The van der Waals surface area contributed by atoms with Gasteiger partial charge in [0.15, 0.2) is 0 Å². The second-order valence-corrected chi connectivity index (χ2v) is 7.12. The molecule has 5 heteroatoms. The minimum absolute atomic E-state index is 0.145. The van der Waals surface area contributed by atoms with Crippen LogP contribution < -0.4 is 5.32 Å². The van der Waals surface area contributed by atoms with Crippen molar-refractivity contribution in [2.45, 2.75) is 51.7 Å². The summed E-state index contributed by atoms with van der Waals surface area (Å²) >= 11 is 0. The van der Waals surface area contributed by atoms with Crippen LogP contribution >= 0.6 is 0 Å². The largest absolute Gasteiger partial charge is 0.480 e. The predicted molar refractivity (Wildman–Crippen MR) is 84.8 cm³/mol. The summed E-state index contributed by atoms with van der Waals surface area (Å²) in [6.45, 7) is 2.30. The van der Waals surface area contributed by atoms with Gasteiger partial charge in [-0.2, -0.15) is 0 Å². The van der Waals surface area contributed by atoms with E-state index in [4.69, 9.17) is 4.74 Å². The molecule has 3 aliphatic rings. The lowest BCUT2D eigenvalue weighted by molar-refractivity contribution is -0.227. The molecule has 0 aliphatic heterocycles. The predicted octanol–water partition coefficient (Wildman–Crippen LogP) is 3.34. The molecule has 1 unspecified atom stereocenters. The van der Waals surface area contributed by atoms with Gasteiger partial charge in [-0.3, -0.25) is 0 Å². The quantitative estimate of drug-likeness (QED) is 0.809. The average molecular weight is 317 g/mol. The molecule has 1 aromatic carbocycles. The summed E-state index contributed by atoms with van der Waals surface area (Å²) < 4.78 is 5.15. The van der Waals surface area contributed by atoms with E-state index in [-0.39, 0.29) is 12.0 Å². The SMILES string of the molecule is CCCC12CC(C(NC(=O)OCc3ccccc3)C(=O)O)(C1)C2. The van der Waals surface area contributed by atoms with Crippen molar-refractivity contribution >= 4 is 12.1 Å². The molecule has 4 rings (SSSR count). The van der Waals surface area contributed by atoms with Crippen LogP contribution in [0.25, 0.3) is 0 Å². The van der Waals surface area contributed by atoms with Crippen LogP contribution in [0.3, 0.4) is 0 Å². The minimum Gasteiger partial charge on any atom is -0.480 e. The van der Waals surface area contributed by atoms with Gasteiger partial charge in [-0.1, -0.05) is 43.7 Å². The molecule has 0 spiro atoms. The fraction of sp³-hybridized carbons (Fsp3) is 0.556. The van der Waals surface area contributed by atoms with Crippen LogP contribution in [0.2, 0.25) is 0 Å². The van der Waals surface area contributed by atoms with Crippen LogP contribution in [0, 0.1) is 10.8 Å². The normalized spacial score (nSPS) is 28.9. The van der Waals surface area contributed by atoms with Crippen molar-refractivity contribution in [3.63, 3.8) is 0 Å². The van der Waals surface area contributed by atoms with Gasteiger partial charge in [-0.05, 0) is 36.7 Å². The standard InChI is InChI=1S/C18H23NO4/c1-2-8-17-10-18(11-17,12-17)14(15(20)21)19-16(22)23-9-13-6-4-3-5-7-13/h3-7,14H,2,8-12H2,1H3,(H,19,22)(H,20,21). The summed E-state index contributed by atoms with van der Waals surface area (Å²) in [5, 5.41) is 12.0.